The molecule has 0 bridgehead atoms. The van der Waals surface area contributed by atoms with Gasteiger partial charge in [0.05, 0.1) is 45.1 Å². The molecule has 0 N–H and O–H groups in total. The van der Waals surface area contributed by atoms with Crippen molar-refractivity contribution in [2.75, 3.05) is 13.2 Å². The Morgan fingerprint density at radius 3 is 2.54 bits per heavy atom. The fourth-order valence-corrected chi connectivity index (χ4v) is 5.71. The number of thiazole rings is 1. The maximum absolute atomic E-state index is 13.8. The standard InChI is InChI=1S/C29H24Cl2N2O5S/c1-4-36-19-9-6-17(7-10-19)26-25(28(35)37-5-2)16(3)32-29-33(26)27(34)24(39-29)15-20-11-13-23(38-20)18-8-12-21(30)22(31)14-18/h6-15,26H,4-5H2,1-3H3/b24-15-/t26-/m1/s1. The van der Waals surface area contributed by atoms with E-state index in [1.165, 1.54) is 15.9 Å². The van der Waals surface area contributed by atoms with Crippen molar-refractivity contribution >= 4 is 46.6 Å². The van der Waals surface area contributed by atoms with Crippen molar-refractivity contribution < 1.29 is 18.7 Å². The van der Waals surface area contributed by atoms with Crippen LogP contribution in [0.15, 0.2) is 80.1 Å². The fraction of sp³-hybridized carbons (Fsp3) is 0.207. The zero-order valence-electron chi connectivity index (χ0n) is 21.4. The van der Waals surface area contributed by atoms with Crippen molar-refractivity contribution in [1.29, 1.82) is 0 Å². The van der Waals surface area contributed by atoms with Crippen molar-refractivity contribution in [2.45, 2.75) is 26.8 Å². The second kappa shape index (κ2) is 11.3. The molecule has 0 saturated heterocycles. The van der Waals surface area contributed by atoms with E-state index in [4.69, 9.17) is 37.1 Å². The summed E-state index contributed by atoms with van der Waals surface area (Å²) >= 11 is 13.4. The average molecular weight is 583 g/mol. The minimum Gasteiger partial charge on any atom is -0.494 e. The van der Waals surface area contributed by atoms with Crippen LogP contribution in [0, 0.1) is 0 Å². The third kappa shape index (κ3) is 5.32. The van der Waals surface area contributed by atoms with Crippen molar-refractivity contribution in [2.24, 2.45) is 4.99 Å². The highest BCUT2D eigenvalue weighted by Crippen LogP contribution is 2.32. The maximum atomic E-state index is 13.8. The quantitative estimate of drug-likeness (QED) is 0.258. The second-order valence-electron chi connectivity index (χ2n) is 8.64. The minimum atomic E-state index is -0.707. The Kier molecular flexibility index (Phi) is 7.79. The highest BCUT2D eigenvalue weighted by molar-refractivity contribution is 7.07. The van der Waals surface area contributed by atoms with Gasteiger partial charge in [0.25, 0.3) is 5.56 Å². The molecule has 0 unspecified atom stereocenters. The SMILES string of the molecule is CCOC(=O)C1=C(C)N=c2s/c(=C\c3ccc(-c4ccc(Cl)c(Cl)c4)o3)c(=O)n2[C@@H]1c1ccc(OCC)cc1. The number of halogens is 2. The minimum absolute atomic E-state index is 0.204. The van der Waals surface area contributed by atoms with E-state index >= 15 is 0 Å². The molecule has 0 amide bonds. The van der Waals surface area contributed by atoms with Gasteiger partial charge in [-0.05, 0) is 68.8 Å². The summed E-state index contributed by atoms with van der Waals surface area (Å²) in [5, 5.41) is 0.871. The highest BCUT2D eigenvalue weighted by atomic mass is 35.5. The number of fused-ring (bicyclic) bond motifs is 1. The van der Waals surface area contributed by atoms with Crippen molar-refractivity contribution in [3.63, 3.8) is 0 Å². The van der Waals surface area contributed by atoms with E-state index in [0.717, 1.165) is 11.1 Å². The monoisotopic (exact) mass is 582 g/mol. The van der Waals surface area contributed by atoms with E-state index in [9.17, 15) is 9.59 Å². The molecule has 0 aliphatic carbocycles. The number of nitrogens with zero attached hydrogens (tertiary/aromatic N) is 2. The molecule has 0 fully saturated rings. The van der Waals surface area contributed by atoms with E-state index in [1.807, 2.05) is 31.2 Å². The third-order valence-electron chi connectivity index (χ3n) is 6.13. The predicted molar refractivity (Wildman–Crippen MR) is 152 cm³/mol. The zero-order valence-corrected chi connectivity index (χ0v) is 23.7. The number of carbonyl (C=O) groups excluding carboxylic acids is 1. The van der Waals surface area contributed by atoms with Gasteiger partial charge in [0.1, 0.15) is 17.3 Å². The Morgan fingerprint density at radius 1 is 1.08 bits per heavy atom. The summed E-state index contributed by atoms with van der Waals surface area (Å²) in [6, 6.07) is 15.4. The van der Waals surface area contributed by atoms with Gasteiger partial charge < -0.3 is 13.9 Å². The van der Waals surface area contributed by atoms with E-state index in [2.05, 4.69) is 4.99 Å². The number of furan rings is 1. The molecule has 1 aliphatic rings. The van der Waals surface area contributed by atoms with Gasteiger partial charge in [0.15, 0.2) is 4.80 Å². The second-order valence-corrected chi connectivity index (χ2v) is 10.5. The number of esters is 1. The lowest BCUT2D eigenvalue weighted by atomic mass is 9.96. The van der Waals surface area contributed by atoms with Crippen LogP contribution in [0.25, 0.3) is 17.4 Å². The molecule has 4 aromatic rings. The van der Waals surface area contributed by atoms with Gasteiger partial charge in [0, 0.05) is 11.6 Å². The van der Waals surface area contributed by atoms with Gasteiger partial charge in [-0.1, -0.05) is 46.7 Å². The Labute approximate surface area is 238 Å². The number of ether oxygens (including phenoxy) is 2. The topological polar surface area (TPSA) is 83.0 Å². The lowest BCUT2D eigenvalue weighted by Crippen LogP contribution is -2.39. The average Bonchev–Trinajstić information content (AvgIpc) is 3.50. The number of hydrogen-bond donors (Lipinski definition) is 0. The molecule has 7 nitrogen and oxygen atoms in total. The molecule has 5 rings (SSSR count). The van der Waals surface area contributed by atoms with Crippen LogP contribution in [-0.2, 0) is 9.53 Å². The van der Waals surface area contributed by atoms with Crippen LogP contribution >= 0.6 is 34.5 Å². The molecule has 2 aromatic carbocycles. The predicted octanol–water partition coefficient (Wildman–Crippen LogP) is 5.76. The smallest absolute Gasteiger partial charge is 0.338 e. The van der Waals surface area contributed by atoms with Crippen LogP contribution < -0.4 is 19.6 Å². The van der Waals surface area contributed by atoms with Gasteiger partial charge in [-0.2, -0.15) is 0 Å². The summed E-state index contributed by atoms with van der Waals surface area (Å²) in [6.07, 6.45) is 1.67. The largest absolute Gasteiger partial charge is 0.494 e. The number of benzene rings is 2. The van der Waals surface area contributed by atoms with Gasteiger partial charge in [-0.3, -0.25) is 9.36 Å². The van der Waals surface area contributed by atoms with Crippen LogP contribution in [-0.4, -0.2) is 23.8 Å². The molecule has 1 aliphatic heterocycles. The first-order chi connectivity index (χ1) is 18.8. The Hall–Kier alpha value is -3.59. The summed E-state index contributed by atoms with van der Waals surface area (Å²) in [6.45, 7) is 6.13. The normalized spacial score (nSPS) is 15.2. The molecule has 39 heavy (non-hydrogen) atoms. The summed E-state index contributed by atoms with van der Waals surface area (Å²) in [5.41, 5.74) is 2.03. The molecule has 1 atom stereocenters. The first-order valence-electron chi connectivity index (χ1n) is 12.3. The van der Waals surface area contributed by atoms with Crippen LogP contribution in [0.2, 0.25) is 10.0 Å². The molecular formula is C29H24Cl2N2O5S. The van der Waals surface area contributed by atoms with Gasteiger partial charge in [-0.25, -0.2) is 9.79 Å². The molecule has 2 aromatic heterocycles. The first-order valence-corrected chi connectivity index (χ1v) is 13.9. The molecule has 3 heterocycles. The summed E-state index contributed by atoms with van der Waals surface area (Å²) < 4.78 is 18.9. The van der Waals surface area contributed by atoms with Gasteiger partial charge >= 0.3 is 5.97 Å². The lowest BCUT2D eigenvalue weighted by molar-refractivity contribution is -0.139. The van der Waals surface area contributed by atoms with Crippen LogP contribution in [0.1, 0.15) is 38.1 Å². The zero-order chi connectivity index (χ0) is 27.7. The molecular weight excluding hydrogens is 559 g/mol. The van der Waals surface area contributed by atoms with E-state index < -0.39 is 12.0 Å². The first kappa shape index (κ1) is 27.0. The van der Waals surface area contributed by atoms with E-state index in [1.54, 1.807) is 50.3 Å². The number of rotatable bonds is 7. The number of allylic oxidation sites excluding steroid dienone is 1. The Balaban J connectivity index is 1.61. The number of aromatic nitrogens is 1. The summed E-state index contributed by atoms with van der Waals surface area (Å²) in [4.78, 5) is 31.9. The van der Waals surface area contributed by atoms with Gasteiger partial charge in [-0.15, -0.1) is 0 Å². The fourth-order valence-electron chi connectivity index (χ4n) is 4.38. The molecule has 10 heteroatoms. The van der Waals surface area contributed by atoms with Crippen LogP contribution in [0.3, 0.4) is 0 Å². The molecule has 0 spiro atoms. The van der Waals surface area contributed by atoms with Crippen molar-refractivity contribution in [1.82, 2.24) is 4.57 Å². The molecule has 0 radical (unpaired) electrons. The maximum Gasteiger partial charge on any atom is 0.338 e. The summed E-state index contributed by atoms with van der Waals surface area (Å²) in [7, 11) is 0. The van der Waals surface area contributed by atoms with E-state index in [-0.39, 0.29) is 12.2 Å². The lowest BCUT2D eigenvalue weighted by Gasteiger charge is -2.24. The van der Waals surface area contributed by atoms with Crippen LogP contribution in [0.5, 0.6) is 5.75 Å². The van der Waals surface area contributed by atoms with Crippen molar-refractivity contribution in [3.05, 3.63) is 107 Å². The van der Waals surface area contributed by atoms with Crippen molar-refractivity contribution in [3.8, 4) is 17.1 Å². The third-order valence-corrected chi connectivity index (χ3v) is 7.85. The van der Waals surface area contributed by atoms with Crippen LogP contribution in [0.4, 0.5) is 0 Å². The van der Waals surface area contributed by atoms with Gasteiger partial charge in [0.2, 0.25) is 0 Å². The Morgan fingerprint density at radius 2 is 1.85 bits per heavy atom. The number of hydrogen-bond acceptors (Lipinski definition) is 7. The highest BCUT2D eigenvalue weighted by Gasteiger charge is 2.33. The summed E-state index contributed by atoms with van der Waals surface area (Å²) in [5.74, 6) is 1.26. The number of carbonyl (C=O) groups is 1. The van der Waals surface area contributed by atoms with E-state index in [0.29, 0.717) is 54.5 Å². The molecule has 200 valence electrons. The molecule has 0 saturated carbocycles. The Bertz CT molecular complexity index is 1770.